The molecule has 8 nitrogen and oxygen atoms in total. The van der Waals surface area contributed by atoms with Gasteiger partial charge in [-0.15, -0.1) is 0 Å². The van der Waals surface area contributed by atoms with Crippen LogP contribution in [0.5, 0.6) is 0 Å². The normalized spacial score (nSPS) is 18.1. The van der Waals surface area contributed by atoms with Gasteiger partial charge in [-0.1, -0.05) is 18.2 Å². The maximum Gasteiger partial charge on any atom is 0.263 e. The van der Waals surface area contributed by atoms with E-state index < -0.39 is 42.3 Å². The van der Waals surface area contributed by atoms with Crippen molar-refractivity contribution in [2.24, 2.45) is 0 Å². The summed E-state index contributed by atoms with van der Waals surface area (Å²) in [5.41, 5.74) is 0.112. The number of nitrogens with one attached hydrogen (secondary N) is 1. The van der Waals surface area contributed by atoms with Gasteiger partial charge in [-0.25, -0.2) is 13.8 Å². The topological polar surface area (TPSA) is 98.7 Å². The Balaban J connectivity index is 1.52. The molecular formula is C26H24F3N5O3. The summed E-state index contributed by atoms with van der Waals surface area (Å²) in [5.74, 6) is -2.45. The number of aliphatic hydroxyl groups is 1. The van der Waals surface area contributed by atoms with Crippen molar-refractivity contribution in [2.75, 3.05) is 34.8 Å². The van der Waals surface area contributed by atoms with Crippen LogP contribution in [0.25, 0.3) is 11.1 Å². The molecule has 1 fully saturated rings. The fourth-order valence-corrected chi connectivity index (χ4v) is 4.71. The quantitative estimate of drug-likeness (QED) is 0.505. The van der Waals surface area contributed by atoms with E-state index in [1.807, 2.05) is 0 Å². The van der Waals surface area contributed by atoms with Crippen molar-refractivity contribution in [3.05, 3.63) is 65.9 Å². The summed E-state index contributed by atoms with van der Waals surface area (Å²) in [7, 11) is 0. The van der Waals surface area contributed by atoms with Crippen molar-refractivity contribution >= 4 is 29.0 Å². The predicted molar refractivity (Wildman–Crippen MR) is 131 cm³/mol. The summed E-state index contributed by atoms with van der Waals surface area (Å²) in [6, 6.07) is 9.90. The summed E-state index contributed by atoms with van der Waals surface area (Å²) in [4.78, 5) is 37.8. The number of nitrogens with zero attached hydrogens (tertiary/aromatic N) is 4. The number of halogens is 3. The molecule has 0 bridgehead atoms. The number of β-amino-alcohol motifs (C(OH)–C–C–N with tert-alkyl or cyclic N) is 1. The molecule has 192 valence electrons. The Kier molecular flexibility index (Phi) is 6.10. The van der Waals surface area contributed by atoms with Crippen LogP contribution in [-0.4, -0.2) is 52.1 Å². The van der Waals surface area contributed by atoms with E-state index in [1.54, 1.807) is 30.9 Å². The third-order valence-corrected chi connectivity index (χ3v) is 6.52. The molecule has 0 spiro atoms. The smallest absolute Gasteiger partial charge is 0.263 e. The summed E-state index contributed by atoms with van der Waals surface area (Å²) < 4.78 is 41.3. The van der Waals surface area contributed by atoms with E-state index in [4.69, 9.17) is 0 Å². The average Bonchev–Trinajstić information content (AvgIpc) is 2.92. The largest absolute Gasteiger partial charge is 0.386 e. The van der Waals surface area contributed by atoms with E-state index in [9.17, 15) is 23.5 Å². The van der Waals surface area contributed by atoms with Gasteiger partial charge < -0.3 is 20.2 Å². The predicted octanol–water partition coefficient (Wildman–Crippen LogP) is 3.88. The molecule has 3 aromatic rings. The van der Waals surface area contributed by atoms with E-state index in [0.717, 1.165) is 0 Å². The first-order valence-corrected chi connectivity index (χ1v) is 11.7. The Labute approximate surface area is 210 Å². The van der Waals surface area contributed by atoms with E-state index in [2.05, 4.69) is 15.3 Å². The molecule has 2 aliphatic rings. The van der Waals surface area contributed by atoms with E-state index in [1.165, 1.54) is 41.4 Å². The molecule has 1 aromatic carbocycles. The highest BCUT2D eigenvalue weighted by Crippen LogP contribution is 2.43. The number of hydrogen-bond acceptors (Lipinski definition) is 6. The number of amides is 2. The van der Waals surface area contributed by atoms with Gasteiger partial charge in [0.2, 0.25) is 17.8 Å². The van der Waals surface area contributed by atoms with Gasteiger partial charge in [0.05, 0.1) is 28.5 Å². The first-order chi connectivity index (χ1) is 17.5. The van der Waals surface area contributed by atoms with Gasteiger partial charge >= 0.3 is 0 Å². The molecule has 0 unspecified atom stereocenters. The van der Waals surface area contributed by atoms with Crippen LogP contribution in [0.2, 0.25) is 0 Å². The second-order valence-electron chi connectivity index (χ2n) is 9.57. The zero-order chi connectivity index (χ0) is 26.5. The van der Waals surface area contributed by atoms with Crippen LogP contribution in [0.15, 0.2) is 48.7 Å². The lowest BCUT2D eigenvalue weighted by molar-refractivity contribution is -0.122. The first-order valence-electron chi connectivity index (χ1n) is 11.7. The number of carbonyl (C=O) groups is 2. The van der Waals surface area contributed by atoms with E-state index in [-0.39, 0.29) is 41.4 Å². The van der Waals surface area contributed by atoms with Gasteiger partial charge in [-0.3, -0.25) is 14.6 Å². The van der Waals surface area contributed by atoms with Crippen molar-refractivity contribution in [1.82, 2.24) is 9.97 Å². The third-order valence-electron chi connectivity index (χ3n) is 6.52. The van der Waals surface area contributed by atoms with Gasteiger partial charge in [0, 0.05) is 42.2 Å². The molecule has 37 heavy (non-hydrogen) atoms. The van der Waals surface area contributed by atoms with Gasteiger partial charge in [0.1, 0.15) is 12.4 Å². The number of anilines is 3. The second kappa shape index (κ2) is 9.15. The molecule has 0 saturated carbocycles. The van der Waals surface area contributed by atoms with E-state index in [0.29, 0.717) is 11.3 Å². The highest BCUT2D eigenvalue weighted by atomic mass is 19.3. The number of carbonyl (C=O) groups excluding carboxylic acids is 2. The zero-order valence-electron chi connectivity index (χ0n) is 20.1. The number of rotatable bonds is 5. The number of pyridine rings is 2. The molecule has 2 aromatic heterocycles. The molecule has 2 aliphatic heterocycles. The Morgan fingerprint density at radius 1 is 1.24 bits per heavy atom. The third kappa shape index (κ3) is 4.62. The average molecular weight is 512 g/mol. The minimum absolute atomic E-state index is 0.0471. The highest BCUT2D eigenvalue weighted by Gasteiger charge is 2.40. The zero-order valence-corrected chi connectivity index (χ0v) is 20.1. The summed E-state index contributed by atoms with van der Waals surface area (Å²) in [6.07, 6.45) is -1.13. The van der Waals surface area contributed by atoms with Gasteiger partial charge in [-0.05, 0) is 32.0 Å². The summed E-state index contributed by atoms with van der Waals surface area (Å²) in [5, 5.41) is 12.7. The highest BCUT2D eigenvalue weighted by molar-refractivity contribution is 6.09. The molecule has 11 heteroatoms. The molecule has 5 rings (SSSR count). The van der Waals surface area contributed by atoms with Crippen LogP contribution in [0.3, 0.4) is 0 Å². The lowest BCUT2D eigenvalue weighted by atomic mass is 9.96. The maximum atomic E-state index is 15.6. The maximum absolute atomic E-state index is 15.6. The van der Waals surface area contributed by atoms with Crippen molar-refractivity contribution in [2.45, 2.75) is 31.8 Å². The van der Waals surface area contributed by atoms with Crippen molar-refractivity contribution in [1.29, 1.82) is 0 Å². The Hall–Kier alpha value is -3.99. The number of hydrogen-bond donors (Lipinski definition) is 2. The van der Waals surface area contributed by atoms with Gasteiger partial charge in [0.25, 0.3) is 6.43 Å². The Morgan fingerprint density at radius 2 is 1.95 bits per heavy atom. The fraction of sp³-hybridized carbons (Fsp3) is 0.308. The second-order valence-corrected chi connectivity index (χ2v) is 9.57. The Bertz CT molecular complexity index is 1370. The molecule has 2 N–H and O–H groups in total. The minimum Gasteiger partial charge on any atom is -0.386 e. The van der Waals surface area contributed by atoms with Crippen LogP contribution in [0, 0.1) is 5.95 Å². The van der Waals surface area contributed by atoms with Crippen LogP contribution in [0.4, 0.5) is 30.4 Å². The molecule has 1 saturated heterocycles. The molecule has 4 heterocycles. The fourth-order valence-electron chi connectivity index (χ4n) is 4.71. The minimum atomic E-state index is -2.64. The number of aromatic nitrogens is 2. The van der Waals surface area contributed by atoms with Crippen LogP contribution >= 0.6 is 0 Å². The lowest BCUT2D eigenvalue weighted by Gasteiger charge is -2.45. The van der Waals surface area contributed by atoms with Crippen molar-refractivity contribution in [3.8, 4) is 11.1 Å². The van der Waals surface area contributed by atoms with Gasteiger partial charge in [-0.2, -0.15) is 4.39 Å². The monoisotopic (exact) mass is 511 g/mol. The SMILES string of the molecule is C[C@H]1C(=O)N(CC(=O)Nc2ccc(C(F)F)cc2)c2cc(N3CC(C)(O)C3)nc(F)c2-c2cccnc21. The molecular weight excluding hydrogens is 487 g/mol. The Morgan fingerprint density at radius 3 is 2.59 bits per heavy atom. The standard InChI is InChI=1S/C26H24F3N5O3/c1-14-22-17(4-3-9-30-22)21-18(10-19(32-24(21)29)33-12-26(2,37)13-33)34(25(14)36)11-20(35)31-16-7-5-15(6-8-16)23(27)28/h3-10,14,23,37H,11-13H2,1-2H3,(H,31,35)/t14-/m1/s1. The molecule has 0 radical (unpaired) electrons. The van der Waals surface area contributed by atoms with Crippen LogP contribution in [-0.2, 0) is 9.59 Å². The van der Waals surface area contributed by atoms with E-state index >= 15 is 4.39 Å². The first kappa shape index (κ1) is 24.7. The number of alkyl halides is 2. The van der Waals surface area contributed by atoms with Crippen molar-refractivity contribution < 1.29 is 27.9 Å². The molecule has 1 atom stereocenters. The number of fused-ring (bicyclic) bond motifs is 3. The van der Waals surface area contributed by atoms with Crippen LogP contribution < -0.4 is 15.1 Å². The lowest BCUT2D eigenvalue weighted by Crippen LogP contribution is -2.60. The molecule has 2 amide bonds. The summed E-state index contributed by atoms with van der Waals surface area (Å²) in [6.45, 7) is 3.29. The summed E-state index contributed by atoms with van der Waals surface area (Å²) >= 11 is 0. The number of benzene rings is 1. The molecule has 0 aliphatic carbocycles. The van der Waals surface area contributed by atoms with Gasteiger partial charge in [0.15, 0.2) is 0 Å². The van der Waals surface area contributed by atoms with Crippen LogP contribution in [0.1, 0.15) is 37.4 Å². The van der Waals surface area contributed by atoms with Crippen molar-refractivity contribution in [3.63, 3.8) is 0 Å².